The highest BCUT2D eigenvalue weighted by atomic mass is 16.5. The fourth-order valence-corrected chi connectivity index (χ4v) is 3.09. The number of piperidine rings is 1. The number of benzene rings is 1. The maximum Gasteiger partial charge on any atom is 0.118 e. The smallest absolute Gasteiger partial charge is 0.118 e. The molecule has 0 saturated carbocycles. The van der Waals surface area contributed by atoms with Gasteiger partial charge < -0.3 is 10.1 Å². The van der Waals surface area contributed by atoms with Gasteiger partial charge in [-0.1, -0.05) is 12.1 Å². The Bertz CT molecular complexity index is 390. The van der Waals surface area contributed by atoms with Gasteiger partial charge in [-0.2, -0.15) is 0 Å². The predicted octanol–water partition coefficient (Wildman–Crippen LogP) is 2.91. The summed E-state index contributed by atoms with van der Waals surface area (Å²) in [5.74, 6) is 1.78. The largest absolute Gasteiger partial charge is 0.497 e. The monoisotopic (exact) mass is 276 g/mol. The molecule has 1 N–H and O–H groups in total. The number of ether oxygens (including phenoxy) is 1. The van der Waals surface area contributed by atoms with Crippen LogP contribution in [0, 0.1) is 5.92 Å². The summed E-state index contributed by atoms with van der Waals surface area (Å²) in [5, 5.41) is 3.36. The van der Waals surface area contributed by atoms with Gasteiger partial charge >= 0.3 is 0 Å². The van der Waals surface area contributed by atoms with Gasteiger partial charge in [0.25, 0.3) is 0 Å². The van der Waals surface area contributed by atoms with E-state index in [4.69, 9.17) is 4.74 Å². The van der Waals surface area contributed by atoms with Crippen molar-refractivity contribution in [3.63, 3.8) is 0 Å². The normalized spacial score (nSPS) is 21.6. The van der Waals surface area contributed by atoms with Crippen LogP contribution >= 0.6 is 0 Å². The molecule has 20 heavy (non-hydrogen) atoms. The molecule has 112 valence electrons. The van der Waals surface area contributed by atoms with Crippen LogP contribution in [0.5, 0.6) is 5.75 Å². The minimum absolute atomic E-state index is 0.626. The van der Waals surface area contributed by atoms with E-state index in [1.54, 1.807) is 7.11 Å². The third-order valence-corrected chi connectivity index (χ3v) is 4.35. The summed E-state index contributed by atoms with van der Waals surface area (Å²) in [5.41, 5.74) is 1.38. The second kappa shape index (κ2) is 7.65. The maximum absolute atomic E-state index is 5.21. The average Bonchev–Trinajstić information content (AvgIpc) is 2.48. The van der Waals surface area contributed by atoms with Crippen LogP contribution in [0.1, 0.15) is 31.7 Å². The van der Waals surface area contributed by atoms with Crippen molar-refractivity contribution in [2.75, 3.05) is 27.2 Å². The van der Waals surface area contributed by atoms with Crippen LogP contribution in [0.2, 0.25) is 0 Å². The Morgan fingerprint density at radius 2 is 2.10 bits per heavy atom. The van der Waals surface area contributed by atoms with Gasteiger partial charge in [0.15, 0.2) is 0 Å². The summed E-state index contributed by atoms with van der Waals surface area (Å²) < 4.78 is 5.21. The zero-order chi connectivity index (χ0) is 14.4. The number of nitrogens with one attached hydrogen (secondary N) is 1. The summed E-state index contributed by atoms with van der Waals surface area (Å²) in [4.78, 5) is 2.60. The Hall–Kier alpha value is -1.06. The first-order valence-corrected chi connectivity index (χ1v) is 7.73. The van der Waals surface area contributed by atoms with E-state index >= 15 is 0 Å². The van der Waals surface area contributed by atoms with E-state index in [2.05, 4.69) is 48.5 Å². The van der Waals surface area contributed by atoms with E-state index in [0.29, 0.717) is 6.04 Å². The molecule has 2 atom stereocenters. The van der Waals surface area contributed by atoms with E-state index in [0.717, 1.165) is 18.2 Å². The summed E-state index contributed by atoms with van der Waals surface area (Å²) in [6.45, 7) is 5.81. The SMILES string of the molecule is CNC(C)CC1CCCN(Cc2ccc(OC)cc2)C1. The molecule has 3 heteroatoms. The second-order valence-electron chi connectivity index (χ2n) is 6.02. The molecule has 0 aliphatic carbocycles. The van der Waals surface area contributed by atoms with E-state index in [1.165, 1.54) is 37.9 Å². The van der Waals surface area contributed by atoms with Gasteiger partial charge in [-0.05, 0) is 63.4 Å². The van der Waals surface area contributed by atoms with E-state index in [1.807, 2.05) is 0 Å². The topological polar surface area (TPSA) is 24.5 Å². The van der Waals surface area contributed by atoms with Crippen molar-refractivity contribution in [2.45, 2.75) is 38.8 Å². The Morgan fingerprint density at radius 3 is 2.75 bits per heavy atom. The van der Waals surface area contributed by atoms with Gasteiger partial charge in [-0.25, -0.2) is 0 Å². The fourth-order valence-electron chi connectivity index (χ4n) is 3.09. The van der Waals surface area contributed by atoms with Crippen molar-refractivity contribution < 1.29 is 4.74 Å². The average molecular weight is 276 g/mol. The summed E-state index contributed by atoms with van der Waals surface area (Å²) >= 11 is 0. The Balaban J connectivity index is 1.85. The van der Waals surface area contributed by atoms with Crippen LogP contribution in [-0.2, 0) is 6.54 Å². The molecule has 0 spiro atoms. The molecule has 2 rings (SSSR count). The van der Waals surface area contributed by atoms with Crippen LogP contribution in [0.15, 0.2) is 24.3 Å². The van der Waals surface area contributed by atoms with Crippen molar-refractivity contribution in [3.05, 3.63) is 29.8 Å². The van der Waals surface area contributed by atoms with Crippen LogP contribution < -0.4 is 10.1 Å². The number of rotatable bonds is 6. The fraction of sp³-hybridized carbons (Fsp3) is 0.647. The molecule has 0 bridgehead atoms. The molecule has 1 fully saturated rings. The van der Waals surface area contributed by atoms with Gasteiger partial charge in [0.2, 0.25) is 0 Å². The van der Waals surface area contributed by atoms with Crippen LogP contribution in [0.4, 0.5) is 0 Å². The first-order valence-electron chi connectivity index (χ1n) is 7.73. The lowest BCUT2D eigenvalue weighted by atomic mass is 9.91. The highest BCUT2D eigenvalue weighted by Gasteiger charge is 2.21. The molecule has 1 saturated heterocycles. The minimum atomic E-state index is 0.626. The van der Waals surface area contributed by atoms with Gasteiger partial charge in [0.1, 0.15) is 5.75 Å². The van der Waals surface area contributed by atoms with Gasteiger partial charge in [-0.3, -0.25) is 4.90 Å². The zero-order valence-electron chi connectivity index (χ0n) is 13.1. The van der Waals surface area contributed by atoms with Crippen molar-refractivity contribution in [1.82, 2.24) is 10.2 Å². The molecule has 3 nitrogen and oxygen atoms in total. The summed E-state index contributed by atoms with van der Waals surface area (Å²) in [7, 11) is 3.77. The van der Waals surface area contributed by atoms with Gasteiger partial charge in [0, 0.05) is 19.1 Å². The molecule has 2 unspecified atom stereocenters. The van der Waals surface area contributed by atoms with E-state index in [-0.39, 0.29) is 0 Å². The van der Waals surface area contributed by atoms with E-state index < -0.39 is 0 Å². The van der Waals surface area contributed by atoms with Gasteiger partial charge in [0.05, 0.1) is 7.11 Å². The summed E-state index contributed by atoms with van der Waals surface area (Å²) in [6, 6.07) is 9.10. The second-order valence-corrected chi connectivity index (χ2v) is 6.02. The molecule has 1 aromatic carbocycles. The summed E-state index contributed by atoms with van der Waals surface area (Å²) in [6.07, 6.45) is 4.00. The quantitative estimate of drug-likeness (QED) is 0.864. The first-order chi connectivity index (χ1) is 9.71. The number of methoxy groups -OCH3 is 1. The lowest BCUT2D eigenvalue weighted by Crippen LogP contribution is -2.37. The molecule has 1 aliphatic heterocycles. The third-order valence-electron chi connectivity index (χ3n) is 4.35. The number of nitrogens with zero attached hydrogens (tertiary/aromatic N) is 1. The molecule has 1 aliphatic rings. The van der Waals surface area contributed by atoms with Crippen molar-refractivity contribution >= 4 is 0 Å². The lowest BCUT2D eigenvalue weighted by molar-refractivity contribution is 0.155. The molecule has 0 aromatic heterocycles. The van der Waals surface area contributed by atoms with Crippen LogP contribution in [0.3, 0.4) is 0 Å². The zero-order valence-corrected chi connectivity index (χ0v) is 13.1. The highest BCUT2D eigenvalue weighted by molar-refractivity contribution is 5.27. The Morgan fingerprint density at radius 1 is 1.35 bits per heavy atom. The van der Waals surface area contributed by atoms with Gasteiger partial charge in [-0.15, -0.1) is 0 Å². The maximum atomic E-state index is 5.21. The molecule has 0 radical (unpaired) electrons. The molecule has 0 amide bonds. The Labute approximate surface area is 123 Å². The predicted molar refractivity (Wildman–Crippen MR) is 84.1 cm³/mol. The lowest BCUT2D eigenvalue weighted by Gasteiger charge is -2.34. The molecule has 1 aromatic rings. The van der Waals surface area contributed by atoms with Crippen LogP contribution in [0.25, 0.3) is 0 Å². The van der Waals surface area contributed by atoms with E-state index in [9.17, 15) is 0 Å². The number of hydrogen-bond donors (Lipinski definition) is 1. The van der Waals surface area contributed by atoms with Crippen molar-refractivity contribution in [2.24, 2.45) is 5.92 Å². The number of hydrogen-bond acceptors (Lipinski definition) is 3. The standard InChI is InChI=1S/C17H28N2O/c1-14(18-2)11-16-5-4-10-19(13-16)12-15-6-8-17(20-3)9-7-15/h6-9,14,16,18H,4-5,10-13H2,1-3H3. The Kier molecular flexibility index (Phi) is 5.86. The van der Waals surface area contributed by atoms with Crippen molar-refractivity contribution in [1.29, 1.82) is 0 Å². The minimum Gasteiger partial charge on any atom is -0.497 e. The van der Waals surface area contributed by atoms with Crippen LogP contribution in [-0.4, -0.2) is 38.2 Å². The number of likely N-dealkylation sites (tertiary alicyclic amines) is 1. The van der Waals surface area contributed by atoms with Crippen molar-refractivity contribution in [3.8, 4) is 5.75 Å². The molecule has 1 heterocycles. The molecular formula is C17H28N2O. The molecular weight excluding hydrogens is 248 g/mol. The highest BCUT2D eigenvalue weighted by Crippen LogP contribution is 2.23. The first kappa shape index (κ1) is 15.3. The third kappa shape index (κ3) is 4.50.